The molecule has 4 rings (SSSR count). The molecule has 4 aliphatic carbocycles. The van der Waals surface area contributed by atoms with Crippen LogP contribution in [0.2, 0.25) is 0 Å². The highest BCUT2D eigenvalue weighted by atomic mass is 16.5. The van der Waals surface area contributed by atoms with E-state index >= 15 is 0 Å². The van der Waals surface area contributed by atoms with Crippen LogP contribution in [0.15, 0.2) is 11.8 Å². The molecule has 0 radical (unpaired) electrons. The predicted molar refractivity (Wildman–Crippen MR) is 115 cm³/mol. The van der Waals surface area contributed by atoms with E-state index in [1.807, 2.05) is 0 Å². The molecule has 0 aromatic heterocycles. The van der Waals surface area contributed by atoms with Crippen LogP contribution in [0, 0.1) is 35.5 Å². The van der Waals surface area contributed by atoms with E-state index < -0.39 is 5.97 Å². The van der Waals surface area contributed by atoms with Crippen molar-refractivity contribution in [3.05, 3.63) is 11.8 Å². The van der Waals surface area contributed by atoms with E-state index in [0.717, 1.165) is 52.8 Å². The van der Waals surface area contributed by atoms with Crippen molar-refractivity contribution in [3.8, 4) is 0 Å². The Morgan fingerprint density at radius 3 is 2.24 bits per heavy atom. The standard InChI is InChI=1S/C25H41NO3/c1-26(2,3)16-22(15-25(27)28)29-24-10-6-9-19-13-20-11-17-7-4-5-8-18(17)12-21(20)14-23(19)24/h10,17-23H,4-9,11-16H2,1-3H3/p+1/t17?,18?,19?,20?,21?,22-,23?/m1/s1. The summed E-state index contributed by atoms with van der Waals surface area (Å²) in [7, 11) is 6.35. The quantitative estimate of drug-likeness (QED) is 0.627. The van der Waals surface area contributed by atoms with Gasteiger partial charge in [0.05, 0.1) is 33.3 Å². The number of quaternary nitrogens is 1. The Labute approximate surface area is 177 Å². The number of fused-ring (bicyclic) bond motifs is 3. The third-order valence-corrected chi connectivity index (χ3v) is 8.38. The molecule has 4 heteroatoms. The number of carboxylic acid groups (broad SMARTS) is 1. The molecule has 0 amide bonds. The maximum Gasteiger partial charge on any atom is 0.307 e. The van der Waals surface area contributed by atoms with Crippen molar-refractivity contribution in [1.29, 1.82) is 0 Å². The Kier molecular flexibility index (Phi) is 6.30. The molecule has 0 saturated heterocycles. The molecule has 4 aliphatic rings. The highest BCUT2D eigenvalue weighted by molar-refractivity contribution is 5.67. The van der Waals surface area contributed by atoms with E-state index in [1.165, 1.54) is 57.8 Å². The fourth-order valence-corrected chi connectivity index (χ4v) is 7.25. The van der Waals surface area contributed by atoms with Crippen LogP contribution in [0.25, 0.3) is 0 Å². The summed E-state index contributed by atoms with van der Waals surface area (Å²) in [4.78, 5) is 11.4. The lowest BCUT2D eigenvalue weighted by atomic mass is 9.55. The second-order valence-electron chi connectivity index (χ2n) is 11.6. The van der Waals surface area contributed by atoms with Gasteiger partial charge in [-0.3, -0.25) is 4.79 Å². The van der Waals surface area contributed by atoms with Crippen molar-refractivity contribution in [2.45, 2.75) is 76.7 Å². The Hall–Kier alpha value is -1.03. The number of likely N-dealkylation sites (N-methyl/N-ethyl adjacent to an activating group) is 1. The minimum absolute atomic E-state index is 0.0973. The molecule has 3 saturated carbocycles. The number of ether oxygens (including phenoxy) is 1. The van der Waals surface area contributed by atoms with E-state index in [-0.39, 0.29) is 12.5 Å². The van der Waals surface area contributed by atoms with Gasteiger partial charge in [0.2, 0.25) is 0 Å². The zero-order valence-corrected chi connectivity index (χ0v) is 18.8. The van der Waals surface area contributed by atoms with Crippen molar-refractivity contribution in [2.24, 2.45) is 35.5 Å². The monoisotopic (exact) mass is 404 g/mol. The molecular weight excluding hydrogens is 362 g/mol. The van der Waals surface area contributed by atoms with E-state index in [1.54, 1.807) is 0 Å². The van der Waals surface area contributed by atoms with Gasteiger partial charge in [0.15, 0.2) is 6.10 Å². The lowest BCUT2D eigenvalue weighted by molar-refractivity contribution is -0.873. The molecule has 6 unspecified atom stereocenters. The maximum atomic E-state index is 11.4. The number of nitrogens with zero attached hydrogens (tertiary/aromatic N) is 1. The first-order chi connectivity index (χ1) is 13.8. The highest BCUT2D eigenvalue weighted by Gasteiger charge is 2.46. The highest BCUT2D eigenvalue weighted by Crippen LogP contribution is 2.55. The minimum atomic E-state index is -0.754. The number of hydrogen-bond donors (Lipinski definition) is 1. The first-order valence-corrected chi connectivity index (χ1v) is 12.2. The van der Waals surface area contributed by atoms with E-state index in [4.69, 9.17) is 4.74 Å². The fourth-order valence-electron chi connectivity index (χ4n) is 7.25. The van der Waals surface area contributed by atoms with Crippen LogP contribution >= 0.6 is 0 Å². The lowest BCUT2D eigenvalue weighted by Crippen LogP contribution is -2.45. The number of carboxylic acids is 1. The Morgan fingerprint density at radius 2 is 1.62 bits per heavy atom. The zero-order valence-electron chi connectivity index (χ0n) is 18.8. The summed E-state index contributed by atoms with van der Waals surface area (Å²) >= 11 is 0. The molecule has 29 heavy (non-hydrogen) atoms. The second-order valence-corrected chi connectivity index (χ2v) is 11.6. The fraction of sp³-hybridized carbons (Fsp3) is 0.880. The van der Waals surface area contributed by atoms with Crippen LogP contribution in [0.1, 0.15) is 70.6 Å². The van der Waals surface area contributed by atoms with Gasteiger partial charge in [0.25, 0.3) is 0 Å². The van der Waals surface area contributed by atoms with Crippen molar-refractivity contribution in [2.75, 3.05) is 27.7 Å². The van der Waals surface area contributed by atoms with Gasteiger partial charge in [-0.15, -0.1) is 0 Å². The van der Waals surface area contributed by atoms with Crippen molar-refractivity contribution in [1.82, 2.24) is 0 Å². The number of aliphatic carboxylic acids is 1. The van der Waals surface area contributed by atoms with Gasteiger partial charge in [-0.2, -0.15) is 0 Å². The molecular formula is C25H42NO3+. The molecule has 1 N–H and O–H groups in total. The normalized spacial score (nSPS) is 38.1. The van der Waals surface area contributed by atoms with Gasteiger partial charge in [-0.1, -0.05) is 25.7 Å². The van der Waals surface area contributed by atoms with Gasteiger partial charge < -0.3 is 14.3 Å². The number of carbonyl (C=O) groups is 1. The molecule has 0 aliphatic heterocycles. The molecule has 0 spiro atoms. The largest absolute Gasteiger partial charge is 0.488 e. The second kappa shape index (κ2) is 8.61. The van der Waals surface area contributed by atoms with Gasteiger partial charge in [0, 0.05) is 5.92 Å². The van der Waals surface area contributed by atoms with E-state index in [2.05, 4.69) is 27.2 Å². The predicted octanol–water partition coefficient (Wildman–Crippen LogP) is 5.09. The Bertz CT molecular complexity index is 622. The van der Waals surface area contributed by atoms with Gasteiger partial charge in [-0.25, -0.2) is 0 Å². The summed E-state index contributed by atoms with van der Waals surface area (Å²) < 4.78 is 7.23. The molecule has 0 aromatic carbocycles. The topological polar surface area (TPSA) is 46.5 Å². The number of hydrogen-bond acceptors (Lipinski definition) is 2. The van der Waals surface area contributed by atoms with E-state index in [9.17, 15) is 9.90 Å². The van der Waals surface area contributed by atoms with Crippen molar-refractivity contribution >= 4 is 5.97 Å². The average molecular weight is 405 g/mol. The smallest absolute Gasteiger partial charge is 0.307 e. The third kappa shape index (κ3) is 5.18. The maximum absolute atomic E-state index is 11.4. The molecule has 164 valence electrons. The average Bonchev–Trinajstić information content (AvgIpc) is 2.63. The summed E-state index contributed by atoms with van der Waals surface area (Å²) in [6.45, 7) is 0.733. The Morgan fingerprint density at radius 1 is 1.00 bits per heavy atom. The Balaban J connectivity index is 1.44. The molecule has 0 heterocycles. The molecule has 7 atom stereocenters. The van der Waals surface area contributed by atoms with Crippen LogP contribution in [0.5, 0.6) is 0 Å². The number of allylic oxidation sites excluding steroid dienone is 2. The van der Waals surface area contributed by atoms with Crippen molar-refractivity contribution < 1.29 is 19.1 Å². The summed E-state index contributed by atoms with van der Waals surface area (Å²) in [6, 6.07) is 0. The van der Waals surface area contributed by atoms with Crippen molar-refractivity contribution in [3.63, 3.8) is 0 Å². The van der Waals surface area contributed by atoms with Crippen LogP contribution < -0.4 is 0 Å². The van der Waals surface area contributed by atoms with Crippen LogP contribution in [0.4, 0.5) is 0 Å². The molecule has 0 aromatic rings. The van der Waals surface area contributed by atoms with Crippen LogP contribution in [0.3, 0.4) is 0 Å². The summed E-state index contributed by atoms with van der Waals surface area (Å²) in [5.74, 6) is 5.49. The number of rotatable bonds is 6. The molecule has 0 bridgehead atoms. The summed E-state index contributed by atoms with van der Waals surface area (Å²) in [5.41, 5.74) is 0. The van der Waals surface area contributed by atoms with Gasteiger partial charge in [0.1, 0.15) is 6.54 Å². The van der Waals surface area contributed by atoms with Gasteiger partial charge >= 0.3 is 5.97 Å². The third-order valence-electron chi connectivity index (χ3n) is 8.38. The van der Waals surface area contributed by atoms with E-state index in [0.29, 0.717) is 5.92 Å². The SMILES string of the molecule is C[N+](C)(C)C[C@@H](CC(=O)O)OC1=CCCC2CC3CC4CCCCC4CC3CC12. The zero-order chi connectivity index (χ0) is 20.6. The first kappa shape index (κ1) is 21.2. The molecule has 3 fully saturated rings. The summed E-state index contributed by atoms with van der Waals surface area (Å²) in [5, 5.41) is 9.40. The van der Waals surface area contributed by atoms with Gasteiger partial charge in [-0.05, 0) is 74.2 Å². The van der Waals surface area contributed by atoms with Crippen LogP contribution in [-0.4, -0.2) is 49.4 Å². The summed E-state index contributed by atoms with van der Waals surface area (Å²) in [6.07, 6.45) is 16.0. The molecule has 4 nitrogen and oxygen atoms in total. The first-order valence-electron chi connectivity index (χ1n) is 12.2. The minimum Gasteiger partial charge on any atom is -0.488 e. The lowest BCUT2D eigenvalue weighted by Gasteiger charge is -2.51. The van der Waals surface area contributed by atoms with Crippen LogP contribution in [-0.2, 0) is 9.53 Å².